The lowest BCUT2D eigenvalue weighted by molar-refractivity contribution is -0.115. The van der Waals surface area contributed by atoms with Gasteiger partial charge in [-0.2, -0.15) is 5.10 Å². The number of aromatic nitrogens is 5. The molecule has 1 atom stereocenters. The molecule has 7 nitrogen and oxygen atoms in total. The molecule has 0 saturated carbocycles. The van der Waals surface area contributed by atoms with Crippen molar-refractivity contribution in [2.24, 2.45) is 0 Å². The van der Waals surface area contributed by atoms with Gasteiger partial charge >= 0.3 is 0 Å². The predicted octanol–water partition coefficient (Wildman–Crippen LogP) is 5.19. The van der Waals surface area contributed by atoms with E-state index < -0.39 is 5.25 Å². The first-order valence-electron chi connectivity index (χ1n) is 10.8. The number of nitrogens with zero attached hydrogens (tertiary/aromatic N) is 5. The summed E-state index contributed by atoms with van der Waals surface area (Å²) in [5, 5.41) is 16.0. The Hall–Kier alpha value is -3.72. The number of amides is 1. The Kier molecular flexibility index (Phi) is 6.93. The first kappa shape index (κ1) is 23.4. The Morgan fingerprint density at radius 1 is 1.15 bits per heavy atom. The van der Waals surface area contributed by atoms with E-state index in [1.54, 1.807) is 35.8 Å². The number of carbonyl (C=O) groups excluding carboxylic acids is 1. The van der Waals surface area contributed by atoms with Crippen LogP contribution in [0.4, 0.5) is 10.1 Å². The van der Waals surface area contributed by atoms with Crippen LogP contribution in [0.3, 0.4) is 0 Å². The number of halogens is 1. The fraction of sp³-hybridized carbons (Fsp3) is 0.200. The molecule has 0 aliphatic heterocycles. The zero-order valence-corrected chi connectivity index (χ0v) is 20.0. The lowest BCUT2D eigenvalue weighted by Gasteiger charge is -2.13. The molecule has 2 aromatic heterocycles. The third-order valence-electron chi connectivity index (χ3n) is 5.33. The molecule has 1 amide bonds. The number of aryl methyl sites for hydroxylation is 1. The maximum absolute atomic E-state index is 14.4. The van der Waals surface area contributed by atoms with Gasteiger partial charge in [0.25, 0.3) is 0 Å². The predicted molar refractivity (Wildman–Crippen MR) is 133 cm³/mol. The van der Waals surface area contributed by atoms with Crippen LogP contribution >= 0.6 is 11.8 Å². The fourth-order valence-corrected chi connectivity index (χ4v) is 4.45. The first-order chi connectivity index (χ1) is 16.4. The number of para-hydroxylation sites is 1. The van der Waals surface area contributed by atoms with Crippen molar-refractivity contribution in [2.75, 3.05) is 5.32 Å². The average molecular weight is 477 g/mol. The van der Waals surface area contributed by atoms with E-state index in [1.807, 2.05) is 48.9 Å². The summed E-state index contributed by atoms with van der Waals surface area (Å²) in [7, 11) is 0. The Morgan fingerprint density at radius 2 is 1.85 bits per heavy atom. The molecule has 0 bridgehead atoms. The monoisotopic (exact) mass is 476 g/mol. The second kappa shape index (κ2) is 10.0. The van der Waals surface area contributed by atoms with Crippen molar-refractivity contribution >= 4 is 23.4 Å². The average Bonchev–Trinajstić information content (AvgIpc) is 3.35. The van der Waals surface area contributed by atoms with Crippen molar-refractivity contribution in [3.63, 3.8) is 0 Å². The molecule has 0 saturated heterocycles. The molecular weight excluding hydrogens is 451 g/mol. The van der Waals surface area contributed by atoms with E-state index in [9.17, 15) is 9.18 Å². The number of thioether (sulfide) groups is 1. The van der Waals surface area contributed by atoms with Crippen LogP contribution in [0.25, 0.3) is 17.1 Å². The van der Waals surface area contributed by atoms with E-state index in [4.69, 9.17) is 0 Å². The van der Waals surface area contributed by atoms with Crippen molar-refractivity contribution in [3.05, 3.63) is 84.5 Å². The summed E-state index contributed by atoms with van der Waals surface area (Å²) in [6.45, 7) is 9.74. The molecule has 0 radical (unpaired) electrons. The van der Waals surface area contributed by atoms with Crippen LogP contribution in [-0.2, 0) is 11.3 Å². The minimum atomic E-state index is -0.486. The maximum atomic E-state index is 14.4. The molecule has 2 heterocycles. The summed E-state index contributed by atoms with van der Waals surface area (Å²) < 4.78 is 17.9. The van der Waals surface area contributed by atoms with Gasteiger partial charge in [0.1, 0.15) is 5.82 Å². The van der Waals surface area contributed by atoms with Crippen LogP contribution < -0.4 is 5.32 Å². The summed E-state index contributed by atoms with van der Waals surface area (Å²) in [5.74, 6) is -0.183. The zero-order chi connectivity index (χ0) is 24.2. The number of hydrogen-bond acceptors (Lipinski definition) is 5. The summed E-state index contributed by atoms with van der Waals surface area (Å²) in [6.07, 6.45) is 1.69. The molecule has 1 unspecified atom stereocenters. The standard InChI is InChI=1S/C25H25FN6OS/c1-5-15-31-23(20-13-9-10-14-21(20)26)28-29-25(31)34-18(4)24(33)27-22-16(2)30-32(17(22)3)19-11-7-6-8-12-19/h5-14,18H,1,15H2,2-4H3,(H,27,33). The number of hydrogen-bond donors (Lipinski definition) is 1. The van der Waals surface area contributed by atoms with E-state index in [-0.39, 0.29) is 11.7 Å². The van der Waals surface area contributed by atoms with Gasteiger partial charge in [-0.15, -0.1) is 16.8 Å². The maximum Gasteiger partial charge on any atom is 0.237 e. The number of benzene rings is 2. The van der Waals surface area contributed by atoms with E-state index in [0.717, 1.165) is 17.1 Å². The van der Waals surface area contributed by atoms with E-state index in [0.29, 0.717) is 28.8 Å². The van der Waals surface area contributed by atoms with Crippen LogP contribution in [-0.4, -0.2) is 35.7 Å². The number of carbonyl (C=O) groups is 1. The second-order valence-electron chi connectivity index (χ2n) is 7.73. The third-order valence-corrected chi connectivity index (χ3v) is 6.42. The smallest absolute Gasteiger partial charge is 0.237 e. The van der Waals surface area contributed by atoms with E-state index in [1.165, 1.54) is 17.8 Å². The number of rotatable bonds is 8. The van der Waals surface area contributed by atoms with E-state index >= 15 is 0 Å². The number of anilines is 1. The molecule has 1 N–H and O–H groups in total. The summed E-state index contributed by atoms with van der Waals surface area (Å²) in [5.41, 5.74) is 3.51. The Bertz CT molecular complexity index is 1330. The highest BCUT2D eigenvalue weighted by molar-refractivity contribution is 8.00. The normalized spacial score (nSPS) is 11.9. The molecule has 9 heteroatoms. The van der Waals surface area contributed by atoms with E-state index in [2.05, 4.69) is 27.2 Å². The Balaban J connectivity index is 1.55. The second-order valence-corrected chi connectivity index (χ2v) is 9.04. The van der Waals surface area contributed by atoms with Crippen molar-refractivity contribution in [1.82, 2.24) is 24.5 Å². The first-order valence-corrected chi connectivity index (χ1v) is 11.7. The largest absolute Gasteiger partial charge is 0.322 e. The highest BCUT2D eigenvalue weighted by Gasteiger charge is 2.23. The van der Waals surface area contributed by atoms with Gasteiger partial charge in [0.2, 0.25) is 5.91 Å². The molecule has 4 aromatic rings. The minimum Gasteiger partial charge on any atom is -0.322 e. The van der Waals surface area contributed by atoms with Crippen molar-refractivity contribution in [2.45, 2.75) is 37.7 Å². The van der Waals surface area contributed by atoms with Gasteiger partial charge in [0.15, 0.2) is 11.0 Å². The van der Waals surface area contributed by atoms with Gasteiger partial charge in [-0.05, 0) is 45.0 Å². The van der Waals surface area contributed by atoms with Crippen LogP contribution in [0.5, 0.6) is 0 Å². The quantitative estimate of drug-likeness (QED) is 0.280. The molecule has 2 aromatic carbocycles. The summed E-state index contributed by atoms with van der Waals surface area (Å²) >= 11 is 1.25. The zero-order valence-electron chi connectivity index (χ0n) is 19.2. The van der Waals surface area contributed by atoms with Crippen molar-refractivity contribution in [3.8, 4) is 17.1 Å². The molecule has 0 aliphatic carbocycles. The fourth-order valence-electron chi connectivity index (χ4n) is 3.59. The number of allylic oxidation sites excluding steroid dienone is 1. The molecule has 174 valence electrons. The van der Waals surface area contributed by atoms with Crippen LogP contribution in [0.1, 0.15) is 18.3 Å². The van der Waals surface area contributed by atoms with Gasteiger partial charge in [0.05, 0.1) is 33.6 Å². The van der Waals surface area contributed by atoms with Crippen LogP contribution in [0, 0.1) is 19.7 Å². The minimum absolute atomic E-state index is 0.190. The van der Waals surface area contributed by atoms with Gasteiger partial charge in [-0.25, -0.2) is 9.07 Å². The Labute approximate surface area is 201 Å². The van der Waals surface area contributed by atoms with Gasteiger partial charge < -0.3 is 5.32 Å². The molecule has 4 rings (SSSR count). The third kappa shape index (κ3) is 4.65. The molecule has 0 spiro atoms. The van der Waals surface area contributed by atoms with Crippen LogP contribution in [0.2, 0.25) is 0 Å². The molecule has 0 aliphatic rings. The van der Waals surface area contributed by atoms with Crippen molar-refractivity contribution in [1.29, 1.82) is 0 Å². The molecular formula is C25H25FN6OS. The van der Waals surface area contributed by atoms with Crippen LogP contribution in [0.15, 0.2) is 72.4 Å². The Morgan fingerprint density at radius 3 is 2.56 bits per heavy atom. The molecule has 34 heavy (non-hydrogen) atoms. The van der Waals surface area contributed by atoms with Gasteiger partial charge in [-0.1, -0.05) is 48.2 Å². The number of nitrogens with one attached hydrogen (secondary N) is 1. The summed E-state index contributed by atoms with van der Waals surface area (Å²) in [6, 6.07) is 16.2. The van der Waals surface area contributed by atoms with Gasteiger partial charge in [0, 0.05) is 6.54 Å². The highest BCUT2D eigenvalue weighted by atomic mass is 32.2. The lowest BCUT2D eigenvalue weighted by atomic mass is 10.2. The molecule has 0 fully saturated rings. The lowest BCUT2D eigenvalue weighted by Crippen LogP contribution is -2.23. The summed E-state index contributed by atoms with van der Waals surface area (Å²) in [4.78, 5) is 13.1. The topological polar surface area (TPSA) is 77.6 Å². The van der Waals surface area contributed by atoms with Crippen molar-refractivity contribution < 1.29 is 9.18 Å². The highest BCUT2D eigenvalue weighted by Crippen LogP contribution is 2.30. The SMILES string of the molecule is C=CCn1c(SC(C)C(=O)Nc2c(C)nn(-c3ccccc3)c2C)nnc1-c1ccccc1F. The van der Waals surface area contributed by atoms with Gasteiger partial charge in [-0.3, -0.25) is 9.36 Å².